The Bertz CT molecular complexity index is 1440. The number of hydrogen-bond acceptors (Lipinski definition) is 10. The van der Waals surface area contributed by atoms with E-state index >= 15 is 0 Å². The maximum atomic E-state index is 13.2. The third kappa shape index (κ3) is 47.8. The fourth-order valence-electron chi connectivity index (χ4n) is 11.3. The zero-order chi connectivity index (χ0) is 57.5. The van der Waals surface area contributed by atoms with Crippen molar-refractivity contribution in [3.63, 3.8) is 0 Å². The van der Waals surface area contributed by atoms with Crippen LogP contribution in [0.4, 0.5) is 0 Å². The third-order valence-electron chi connectivity index (χ3n) is 16.6. The molecule has 13 heteroatoms. The average Bonchev–Trinajstić information content (AvgIpc) is 3.44. The molecule has 12 nitrogen and oxygen atoms in total. The number of rotatable bonds is 61. The summed E-state index contributed by atoms with van der Waals surface area (Å²) in [5, 5.41) is 45.3. The minimum absolute atomic E-state index is 0.222. The summed E-state index contributed by atoms with van der Waals surface area (Å²) in [5.41, 5.74) is 0. The summed E-state index contributed by atoms with van der Waals surface area (Å²) in [4.78, 5) is 13.2. The van der Waals surface area contributed by atoms with E-state index in [4.69, 9.17) is 9.47 Å². The molecule has 0 aliphatic carbocycles. The van der Waals surface area contributed by atoms with Gasteiger partial charge in [-0.05, 0) is 38.5 Å². The molecule has 6 N–H and O–H groups in total. The van der Waals surface area contributed by atoms with Crippen LogP contribution in [0.3, 0.4) is 0 Å². The highest BCUT2D eigenvalue weighted by Gasteiger charge is 2.48. The van der Waals surface area contributed by atoms with Crippen molar-refractivity contribution in [2.24, 2.45) is 0 Å². The maximum absolute atomic E-state index is 13.2. The fourth-order valence-corrected chi connectivity index (χ4v) is 11.9. The van der Waals surface area contributed by atoms with Crippen LogP contribution >= 0.6 is 0 Å². The second kappa shape index (κ2) is 56.0. The Morgan fingerprint density at radius 2 is 0.810 bits per heavy atom. The standard InChI is InChI=1S/C66H129NO11S/c1-3-5-7-9-11-13-15-17-19-21-23-25-26-27-28-29-30-31-32-33-34-36-38-40-42-44-46-48-50-52-54-56-62(70)67-59(58-76-66-64(72)65(78-79(73,74)75)63(71)61(57-68)77-66)60(69)55-53-51-49-47-45-43-41-39-37-35-24-22-20-18-16-14-12-10-8-6-4-2/h27-28,59-61,63-66,68-69,71-72H,3-26,29-58H2,1-2H3,(H,67,70)(H,73,74,75)/b28-27-. The molecule has 1 aliphatic rings. The van der Waals surface area contributed by atoms with E-state index in [1.54, 1.807) is 0 Å². The van der Waals surface area contributed by atoms with Gasteiger partial charge in [0.1, 0.15) is 24.4 Å². The van der Waals surface area contributed by atoms with Crippen molar-refractivity contribution in [2.75, 3.05) is 13.2 Å². The van der Waals surface area contributed by atoms with Gasteiger partial charge in [-0.3, -0.25) is 9.35 Å². The van der Waals surface area contributed by atoms with Crippen LogP contribution in [0.25, 0.3) is 0 Å². The molecule has 0 saturated carbocycles. The van der Waals surface area contributed by atoms with Crippen LogP contribution in [0.1, 0.15) is 348 Å². The highest BCUT2D eigenvalue weighted by atomic mass is 32.3. The first-order valence-electron chi connectivity index (χ1n) is 34.1. The lowest BCUT2D eigenvalue weighted by Crippen LogP contribution is -2.61. The molecule has 0 aromatic rings. The molecule has 1 amide bonds. The first-order chi connectivity index (χ1) is 38.5. The van der Waals surface area contributed by atoms with Crippen molar-refractivity contribution in [1.82, 2.24) is 5.32 Å². The number of hydrogen-bond donors (Lipinski definition) is 6. The van der Waals surface area contributed by atoms with E-state index in [2.05, 4.69) is 35.5 Å². The molecule has 1 rings (SSSR count). The van der Waals surface area contributed by atoms with Crippen molar-refractivity contribution >= 4 is 16.3 Å². The first-order valence-corrected chi connectivity index (χ1v) is 35.4. The Balaban J connectivity index is 2.23. The van der Waals surface area contributed by atoms with Gasteiger partial charge in [0, 0.05) is 6.42 Å². The number of unbranched alkanes of at least 4 members (excludes halogenated alkanes) is 47. The van der Waals surface area contributed by atoms with Crippen LogP contribution in [0.15, 0.2) is 12.2 Å². The zero-order valence-corrected chi connectivity index (χ0v) is 52.3. The molecule has 1 heterocycles. The summed E-state index contributed by atoms with van der Waals surface area (Å²) in [6, 6.07) is -0.857. The molecule has 0 bridgehead atoms. The molecular weight excluding hydrogens is 1010 g/mol. The topological polar surface area (TPSA) is 192 Å². The number of carbonyl (C=O) groups is 1. The summed E-state index contributed by atoms with van der Waals surface area (Å²) >= 11 is 0. The van der Waals surface area contributed by atoms with Gasteiger partial charge in [-0.15, -0.1) is 0 Å². The third-order valence-corrected chi connectivity index (χ3v) is 17.0. The Labute approximate surface area is 487 Å². The Hall–Kier alpha value is -1.16. The molecule has 1 aliphatic heterocycles. The molecule has 0 spiro atoms. The monoisotopic (exact) mass is 1140 g/mol. The molecule has 0 aromatic carbocycles. The smallest absolute Gasteiger partial charge is 0.394 e. The number of amides is 1. The minimum Gasteiger partial charge on any atom is -0.394 e. The van der Waals surface area contributed by atoms with Gasteiger partial charge < -0.3 is 35.2 Å². The Kier molecular flexibility index (Phi) is 53.8. The van der Waals surface area contributed by atoms with Gasteiger partial charge >= 0.3 is 10.4 Å². The molecule has 1 saturated heterocycles. The van der Waals surface area contributed by atoms with Gasteiger partial charge in [-0.2, -0.15) is 8.42 Å². The molecular formula is C66H129NO11S. The maximum Gasteiger partial charge on any atom is 0.397 e. The van der Waals surface area contributed by atoms with Crippen LogP contribution in [0.5, 0.6) is 0 Å². The second-order valence-corrected chi connectivity index (χ2v) is 25.2. The van der Waals surface area contributed by atoms with Gasteiger partial charge in [-0.1, -0.05) is 315 Å². The van der Waals surface area contributed by atoms with Gasteiger partial charge in [0.2, 0.25) is 5.91 Å². The van der Waals surface area contributed by atoms with E-state index in [-0.39, 0.29) is 12.5 Å². The Morgan fingerprint density at radius 3 is 1.14 bits per heavy atom. The van der Waals surface area contributed by atoms with Crippen molar-refractivity contribution in [3.05, 3.63) is 12.2 Å². The number of aliphatic hydroxyl groups excluding tert-OH is 4. The van der Waals surface area contributed by atoms with Crippen LogP contribution in [-0.4, -0.2) is 95.4 Å². The summed E-state index contributed by atoms with van der Waals surface area (Å²) in [6.45, 7) is 3.52. The molecule has 79 heavy (non-hydrogen) atoms. The lowest BCUT2D eigenvalue weighted by atomic mass is 9.99. The number of allylic oxidation sites excluding steroid dienone is 2. The van der Waals surface area contributed by atoms with Gasteiger partial charge in [0.15, 0.2) is 6.29 Å². The highest BCUT2D eigenvalue weighted by molar-refractivity contribution is 7.80. The summed E-state index contributed by atoms with van der Waals surface area (Å²) in [5.74, 6) is -0.222. The average molecular weight is 1140 g/mol. The van der Waals surface area contributed by atoms with E-state index in [1.165, 1.54) is 270 Å². The van der Waals surface area contributed by atoms with E-state index < -0.39 is 59.9 Å². The summed E-state index contributed by atoms with van der Waals surface area (Å²) in [7, 11) is -5.08. The molecule has 0 radical (unpaired) electrons. The van der Waals surface area contributed by atoms with Crippen molar-refractivity contribution < 1.29 is 51.8 Å². The highest BCUT2D eigenvalue weighted by Crippen LogP contribution is 2.27. The summed E-state index contributed by atoms with van der Waals surface area (Å²) < 4.78 is 48.1. The fraction of sp³-hybridized carbons (Fsp3) is 0.955. The number of nitrogens with one attached hydrogen (secondary N) is 1. The SMILES string of the molecule is CCCCCCCCCCCCCC/C=C\CCCCCCCCCCCCCCCCCC(=O)NC(COC1OC(CO)C(O)C(OS(=O)(=O)O)C1O)C(O)CCCCCCCCCCCCCCCCCCCCCCC. The van der Waals surface area contributed by atoms with E-state index in [0.717, 1.165) is 51.4 Å². The van der Waals surface area contributed by atoms with Crippen molar-refractivity contribution in [1.29, 1.82) is 0 Å². The van der Waals surface area contributed by atoms with E-state index in [9.17, 15) is 38.2 Å². The van der Waals surface area contributed by atoms with Crippen LogP contribution in [0, 0.1) is 0 Å². The van der Waals surface area contributed by atoms with Gasteiger partial charge in [0.25, 0.3) is 0 Å². The molecule has 1 fully saturated rings. The lowest BCUT2D eigenvalue weighted by molar-refractivity contribution is -0.298. The van der Waals surface area contributed by atoms with Crippen molar-refractivity contribution in [3.8, 4) is 0 Å². The molecule has 7 unspecified atom stereocenters. The predicted octanol–water partition coefficient (Wildman–Crippen LogP) is 17.4. The van der Waals surface area contributed by atoms with Crippen LogP contribution < -0.4 is 5.32 Å². The lowest BCUT2D eigenvalue weighted by Gasteiger charge is -2.41. The quantitative estimate of drug-likeness (QED) is 0.0193. The van der Waals surface area contributed by atoms with Crippen LogP contribution in [-0.2, 0) is 28.9 Å². The van der Waals surface area contributed by atoms with Gasteiger partial charge in [0.05, 0.1) is 25.4 Å². The zero-order valence-electron chi connectivity index (χ0n) is 51.5. The molecule has 470 valence electrons. The molecule has 7 atom stereocenters. The summed E-state index contributed by atoms with van der Waals surface area (Å²) in [6.07, 6.45) is 61.0. The predicted molar refractivity (Wildman–Crippen MR) is 329 cm³/mol. The number of aliphatic hydroxyl groups is 4. The minimum atomic E-state index is -5.08. The van der Waals surface area contributed by atoms with E-state index in [1.807, 2.05) is 0 Å². The number of ether oxygens (including phenoxy) is 2. The second-order valence-electron chi connectivity index (χ2n) is 24.1. The largest absolute Gasteiger partial charge is 0.397 e. The first kappa shape index (κ1) is 75.9. The molecule has 0 aromatic heterocycles. The van der Waals surface area contributed by atoms with Crippen molar-refractivity contribution in [2.45, 2.75) is 391 Å². The van der Waals surface area contributed by atoms with Crippen LogP contribution in [0.2, 0.25) is 0 Å². The van der Waals surface area contributed by atoms with Gasteiger partial charge in [-0.25, -0.2) is 4.18 Å². The Morgan fingerprint density at radius 1 is 0.494 bits per heavy atom. The number of carbonyl (C=O) groups excluding carboxylic acids is 1. The van der Waals surface area contributed by atoms with E-state index in [0.29, 0.717) is 12.8 Å². The normalized spacial score (nSPS) is 18.7.